The van der Waals surface area contributed by atoms with Crippen molar-refractivity contribution in [3.8, 4) is 0 Å². The van der Waals surface area contributed by atoms with Crippen LogP contribution in [0.15, 0.2) is 50.4 Å². The maximum absolute atomic E-state index is 9.24. The van der Waals surface area contributed by atoms with Gasteiger partial charge in [-0.3, -0.25) is 4.98 Å². The molecule has 0 saturated carbocycles. The van der Waals surface area contributed by atoms with Crippen LogP contribution in [0.4, 0.5) is 0 Å². The second-order valence-electron chi connectivity index (χ2n) is 7.79. The Morgan fingerprint density at radius 2 is 2.04 bits per heavy atom. The van der Waals surface area contributed by atoms with Gasteiger partial charge in [0.15, 0.2) is 11.5 Å². The maximum atomic E-state index is 9.24. The molecule has 0 fully saturated rings. The standard InChI is InChI=1S/C19H22N6O3/c1-19(2,3)16-15-9-21-22-17(14-8-13(10-26)28-24-14)25(15)23-18(16)27-11-12-4-6-20-7-5-12/h4-9,15-16,26H,10-11H2,1-3H3. The number of fused-ring (bicyclic) bond motifs is 1. The molecule has 0 bridgehead atoms. The Bertz CT molecular complexity index is 929. The van der Waals surface area contributed by atoms with E-state index < -0.39 is 0 Å². The summed E-state index contributed by atoms with van der Waals surface area (Å²) in [6.07, 6.45) is 5.25. The zero-order chi connectivity index (χ0) is 19.7. The van der Waals surface area contributed by atoms with E-state index in [1.807, 2.05) is 12.1 Å². The number of hydrogen-bond donors (Lipinski definition) is 1. The van der Waals surface area contributed by atoms with Crippen molar-refractivity contribution in [1.82, 2.24) is 15.1 Å². The summed E-state index contributed by atoms with van der Waals surface area (Å²) in [5, 5.41) is 28.1. The molecule has 9 heteroatoms. The van der Waals surface area contributed by atoms with Crippen molar-refractivity contribution in [2.75, 3.05) is 0 Å². The number of hydrazone groups is 1. The molecular formula is C19H22N6O3. The molecule has 2 unspecified atom stereocenters. The van der Waals surface area contributed by atoms with E-state index in [9.17, 15) is 5.11 Å². The lowest BCUT2D eigenvalue weighted by atomic mass is 9.76. The minimum Gasteiger partial charge on any atom is -0.475 e. The van der Waals surface area contributed by atoms with Gasteiger partial charge < -0.3 is 14.4 Å². The molecule has 0 radical (unpaired) electrons. The van der Waals surface area contributed by atoms with E-state index in [0.717, 1.165) is 5.56 Å². The first-order valence-corrected chi connectivity index (χ1v) is 9.05. The lowest BCUT2D eigenvalue weighted by Gasteiger charge is -2.33. The Hall–Kier alpha value is -3.07. The molecule has 4 rings (SSSR count). The average molecular weight is 382 g/mol. The molecular weight excluding hydrogens is 360 g/mol. The molecule has 2 atom stereocenters. The van der Waals surface area contributed by atoms with Crippen LogP contribution in [0.3, 0.4) is 0 Å². The first kappa shape index (κ1) is 18.3. The highest BCUT2D eigenvalue weighted by Gasteiger charge is 2.48. The Labute approximate surface area is 162 Å². The fourth-order valence-corrected chi connectivity index (χ4v) is 3.36. The molecule has 0 aliphatic carbocycles. The SMILES string of the molecule is CC(C)(C)C1C(OCc2ccncc2)=NN2C(c3cc(CO)on3)=NN=CC12. The second-order valence-corrected chi connectivity index (χ2v) is 7.79. The van der Waals surface area contributed by atoms with E-state index in [0.29, 0.717) is 29.8 Å². The smallest absolute Gasteiger partial charge is 0.213 e. The van der Waals surface area contributed by atoms with Crippen molar-refractivity contribution in [3.63, 3.8) is 0 Å². The van der Waals surface area contributed by atoms with E-state index in [4.69, 9.17) is 14.4 Å². The minimum atomic E-state index is -0.235. The van der Waals surface area contributed by atoms with Crippen molar-refractivity contribution in [1.29, 1.82) is 0 Å². The number of hydrogen-bond acceptors (Lipinski definition) is 9. The first-order valence-electron chi connectivity index (χ1n) is 9.05. The zero-order valence-electron chi connectivity index (χ0n) is 16.0. The third-order valence-electron chi connectivity index (χ3n) is 4.70. The highest BCUT2D eigenvalue weighted by molar-refractivity contribution is 6.03. The van der Waals surface area contributed by atoms with Gasteiger partial charge in [-0.15, -0.1) is 10.2 Å². The summed E-state index contributed by atoms with van der Waals surface area (Å²) in [7, 11) is 0. The third-order valence-corrected chi connectivity index (χ3v) is 4.70. The minimum absolute atomic E-state index is 0.0206. The topological polar surface area (TPSA) is 109 Å². The fraction of sp³-hybridized carbons (Fsp3) is 0.421. The molecule has 28 heavy (non-hydrogen) atoms. The van der Waals surface area contributed by atoms with Gasteiger partial charge in [0.25, 0.3) is 0 Å². The van der Waals surface area contributed by atoms with Crippen LogP contribution < -0.4 is 0 Å². The molecule has 2 aromatic heterocycles. The first-order chi connectivity index (χ1) is 13.5. The van der Waals surface area contributed by atoms with Gasteiger partial charge >= 0.3 is 0 Å². The Kier molecular flexibility index (Phi) is 4.68. The number of rotatable bonds is 4. The predicted octanol–water partition coefficient (Wildman–Crippen LogP) is 2.18. The monoisotopic (exact) mass is 382 g/mol. The fourth-order valence-electron chi connectivity index (χ4n) is 3.36. The van der Waals surface area contributed by atoms with E-state index in [2.05, 4.69) is 41.1 Å². The number of pyridine rings is 1. The molecule has 0 spiro atoms. The highest BCUT2D eigenvalue weighted by atomic mass is 16.5. The number of amidine groups is 1. The lowest BCUT2D eigenvalue weighted by Crippen LogP contribution is -2.45. The van der Waals surface area contributed by atoms with Gasteiger partial charge in [0.2, 0.25) is 11.7 Å². The number of aliphatic hydroxyl groups excluding tert-OH is 1. The van der Waals surface area contributed by atoms with Gasteiger partial charge in [0.1, 0.15) is 19.3 Å². The third kappa shape index (κ3) is 3.40. The zero-order valence-corrected chi connectivity index (χ0v) is 16.0. The van der Waals surface area contributed by atoms with Gasteiger partial charge in [-0.2, -0.15) is 5.10 Å². The molecule has 1 N–H and O–H groups in total. The van der Waals surface area contributed by atoms with E-state index in [-0.39, 0.29) is 24.0 Å². The van der Waals surface area contributed by atoms with Crippen LogP contribution in [-0.2, 0) is 18.0 Å². The van der Waals surface area contributed by atoms with Crippen molar-refractivity contribution in [2.45, 2.75) is 40.0 Å². The summed E-state index contributed by atoms with van der Waals surface area (Å²) < 4.78 is 11.2. The van der Waals surface area contributed by atoms with Crippen molar-refractivity contribution in [3.05, 3.63) is 47.6 Å². The number of nitrogens with zero attached hydrogens (tertiary/aromatic N) is 6. The summed E-state index contributed by atoms with van der Waals surface area (Å²) in [4.78, 5) is 4.03. The molecule has 2 aliphatic rings. The van der Waals surface area contributed by atoms with Gasteiger partial charge in [0, 0.05) is 18.5 Å². The Morgan fingerprint density at radius 3 is 2.71 bits per heavy atom. The summed E-state index contributed by atoms with van der Waals surface area (Å²) >= 11 is 0. The molecule has 2 aliphatic heterocycles. The van der Waals surface area contributed by atoms with Crippen molar-refractivity contribution < 1.29 is 14.4 Å². The molecule has 2 aromatic rings. The summed E-state index contributed by atoms with van der Waals surface area (Å²) in [6.45, 7) is 6.60. The predicted molar refractivity (Wildman–Crippen MR) is 102 cm³/mol. The van der Waals surface area contributed by atoms with Gasteiger partial charge in [-0.05, 0) is 23.1 Å². The number of aliphatic hydroxyl groups is 1. The lowest BCUT2D eigenvalue weighted by molar-refractivity contribution is 0.207. The van der Waals surface area contributed by atoms with E-state index in [1.165, 1.54) is 0 Å². The molecule has 4 heterocycles. The average Bonchev–Trinajstić information content (AvgIpc) is 3.30. The number of ether oxygens (including phenoxy) is 1. The maximum Gasteiger partial charge on any atom is 0.213 e. The van der Waals surface area contributed by atoms with Crippen LogP contribution in [0, 0.1) is 11.3 Å². The van der Waals surface area contributed by atoms with E-state index in [1.54, 1.807) is 29.7 Å². The van der Waals surface area contributed by atoms with Gasteiger partial charge in [-0.1, -0.05) is 25.9 Å². The largest absolute Gasteiger partial charge is 0.475 e. The van der Waals surface area contributed by atoms with Crippen LogP contribution in [-0.4, -0.2) is 44.2 Å². The Balaban J connectivity index is 1.63. The van der Waals surface area contributed by atoms with Gasteiger partial charge in [-0.25, -0.2) is 5.01 Å². The van der Waals surface area contributed by atoms with Crippen LogP contribution in [0.2, 0.25) is 0 Å². The van der Waals surface area contributed by atoms with Crippen molar-refractivity contribution >= 4 is 17.9 Å². The van der Waals surface area contributed by atoms with Crippen LogP contribution in [0.25, 0.3) is 0 Å². The molecule has 0 aromatic carbocycles. The summed E-state index contributed by atoms with van der Waals surface area (Å²) in [6, 6.07) is 5.31. The van der Waals surface area contributed by atoms with Crippen LogP contribution >= 0.6 is 0 Å². The van der Waals surface area contributed by atoms with Crippen molar-refractivity contribution in [2.24, 2.45) is 26.6 Å². The number of aromatic nitrogens is 2. The Morgan fingerprint density at radius 1 is 1.25 bits per heavy atom. The second kappa shape index (κ2) is 7.16. The van der Waals surface area contributed by atoms with Crippen LogP contribution in [0.5, 0.6) is 0 Å². The molecule has 146 valence electrons. The highest BCUT2D eigenvalue weighted by Crippen LogP contribution is 2.38. The molecule has 0 amide bonds. The summed E-state index contributed by atoms with van der Waals surface area (Å²) in [5.41, 5.74) is 1.37. The quantitative estimate of drug-likeness (QED) is 0.868. The van der Waals surface area contributed by atoms with Gasteiger partial charge in [0.05, 0.1) is 12.1 Å². The molecule has 0 saturated heterocycles. The van der Waals surface area contributed by atoms with Crippen LogP contribution in [0.1, 0.15) is 37.8 Å². The normalized spacial score (nSPS) is 21.4. The van der Waals surface area contributed by atoms with E-state index >= 15 is 0 Å². The summed E-state index contributed by atoms with van der Waals surface area (Å²) in [5.74, 6) is 1.43. The molecule has 9 nitrogen and oxygen atoms in total.